The second-order valence-electron chi connectivity index (χ2n) is 2.00. The number of hydrogen-bond acceptors (Lipinski definition) is 1. The van der Waals surface area contributed by atoms with Gasteiger partial charge in [0.15, 0.2) is 0 Å². The van der Waals surface area contributed by atoms with Crippen molar-refractivity contribution in [3.8, 4) is 0 Å². The molecule has 0 saturated heterocycles. The van der Waals surface area contributed by atoms with Crippen molar-refractivity contribution in [2.75, 3.05) is 0 Å². The van der Waals surface area contributed by atoms with Crippen LogP contribution in [0, 0.1) is 0 Å². The minimum absolute atomic E-state index is 0.934. The summed E-state index contributed by atoms with van der Waals surface area (Å²) in [6.07, 6.45) is -6.54. The molecular formula is C2ClF9OS. The quantitative estimate of drug-likeness (QED) is 0.540. The minimum atomic E-state index is -11.1. The molecule has 1 nitrogen and oxygen atoms in total. The van der Waals surface area contributed by atoms with Crippen LogP contribution in [0.5, 0.6) is 0 Å². The lowest BCUT2D eigenvalue weighted by Gasteiger charge is -2.41. The van der Waals surface area contributed by atoms with E-state index in [0.29, 0.717) is 0 Å². The van der Waals surface area contributed by atoms with Crippen LogP contribution in [0.1, 0.15) is 0 Å². The second kappa shape index (κ2) is 2.38. The normalized spacial score (nSPS) is 20.1. The molecule has 0 fully saturated rings. The van der Waals surface area contributed by atoms with E-state index in [1.165, 1.54) is 0 Å². The van der Waals surface area contributed by atoms with Crippen LogP contribution in [-0.2, 0) is 4.18 Å². The zero-order valence-electron chi connectivity index (χ0n) is 5.60. The second-order valence-corrected chi connectivity index (χ2v) is 4.43. The van der Waals surface area contributed by atoms with Gasteiger partial charge in [-0.25, -0.2) is 0 Å². The van der Waals surface area contributed by atoms with Crippen molar-refractivity contribution in [3.05, 3.63) is 0 Å². The summed E-state index contributed by atoms with van der Waals surface area (Å²) in [5.41, 5.74) is 0. The molecule has 0 rings (SSSR count). The van der Waals surface area contributed by atoms with Crippen molar-refractivity contribution >= 4 is 22.1 Å². The predicted molar refractivity (Wildman–Crippen MR) is 30.0 cm³/mol. The summed E-state index contributed by atoms with van der Waals surface area (Å²) < 4.78 is 103. The number of halogens is 10. The molecule has 90 valence electrons. The van der Waals surface area contributed by atoms with Gasteiger partial charge in [0, 0.05) is 0 Å². The topological polar surface area (TPSA) is 9.23 Å². The molecule has 0 aliphatic heterocycles. The van der Waals surface area contributed by atoms with Crippen LogP contribution in [0.3, 0.4) is 0 Å². The summed E-state index contributed by atoms with van der Waals surface area (Å²) in [6, 6.07) is 0. The third kappa shape index (κ3) is 5.00. The maximum absolute atomic E-state index is 11.6. The molecule has 0 unspecified atom stereocenters. The highest BCUT2D eigenvalue weighted by molar-refractivity contribution is 8.42. The lowest BCUT2D eigenvalue weighted by atomic mass is 10.7. The van der Waals surface area contributed by atoms with Gasteiger partial charge in [-0.2, -0.15) is 21.7 Å². The van der Waals surface area contributed by atoms with Gasteiger partial charge in [0.2, 0.25) is 0 Å². The largest absolute Gasteiger partial charge is 0.451 e. The summed E-state index contributed by atoms with van der Waals surface area (Å²) in [7, 11) is -11.1. The smallest absolute Gasteiger partial charge is 0.178 e. The molecule has 14 heavy (non-hydrogen) atoms. The Kier molecular flexibility index (Phi) is 2.37. The van der Waals surface area contributed by atoms with E-state index in [9.17, 15) is 37.0 Å². The van der Waals surface area contributed by atoms with Crippen molar-refractivity contribution in [2.45, 2.75) is 11.5 Å². The standard InChI is InChI=1S/C2ClF9OS/c3-1(4,5)2(6,7)13-14(8,9,10,11)12. The first-order chi connectivity index (χ1) is 5.43. The van der Waals surface area contributed by atoms with E-state index in [-0.39, 0.29) is 0 Å². The summed E-state index contributed by atoms with van der Waals surface area (Å²) >= 11 is 3.43. The molecule has 0 atom stereocenters. The van der Waals surface area contributed by atoms with Gasteiger partial charge in [0.1, 0.15) is 0 Å². The van der Waals surface area contributed by atoms with Gasteiger partial charge in [0.25, 0.3) is 0 Å². The van der Waals surface area contributed by atoms with Gasteiger partial charge < -0.3 is 0 Å². The van der Waals surface area contributed by atoms with Crippen molar-refractivity contribution in [2.24, 2.45) is 0 Å². The van der Waals surface area contributed by atoms with Gasteiger partial charge in [-0.3, -0.25) is 0 Å². The van der Waals surface area contributed by atoms with Gasteiger partial charge in [-0.1, -0.05) is 19.4 Å². The van der Waals surface area contributed by atoms with E-state index in [2.05, 4.69) is 11.6 Å². The highest BCUT2D eigenvalue weighted by Crippen LogP contribution is 2.99. The first kappa shape index (κ1) is 14.0. The van der Waals surface area contributed by atoms with Crippen LogP contribution in [0.2, 0.25) is 0 Å². The fraction of sp³-hybridized carbons (Fsp3) is 1.00. The fourth-order valence-electron chi connectivity index (χ4n) is 0.245. The van der Waals surface area contributed by atoms with Crippen molar-refractivity contribution in [3.63, 3.8) is 0 Å². The van der Waals surface area contributed by atoms with E-state index in [1.807, 2.05) is 0 Å². The number of hydrogen-bond donors (Lipinski definition) is 0. The number of rotatable bonds is 3. The molecule has 0 bridgehead atoms. The lowest BCUT2D eigenvalue weighted by molar-refractivity contribution is -0.285. The molecule has 0 aromatic rings. The Morgan fingerprint density at radius 1 is 0.857 bits per heavy atom. The van der Waals surface area contributed by atoms with Crippen LogP contribution in [0.4, 0.5) is 37.0 Å². The average molecular weight is 279 g/mol. The van der Waals surface area contributed by atoms with Crippen LogP contribution in [-0.4, -0.2) is 11.5 Å². The molecule has 0 N–H and O–H groups in total. The Hall–Kier alpha value is -0.0300. The third-order valence-electron chi connectivity index (χ3n) is 0.592. The number of alkyl halides is 5. The first-order valence-electron chi connectivity index (χ1n) is 2.34. The molecule has 0 aliphatic rings. The average Bonchev–Trinajstić information content (AvgIpc) is 1.46. The third-order valence-corrected chi connectivity index (χ3v) is 1.34. The Morgan fingerprint density at radius 2 is 1.14 bits per heavy atom. The lowest BCUT2D eigenvalue weighted by Crippen LogP contribution is -2.41. The Bertz CT molecular complexity index is 234. The Balaban J connectivity index is 5.08. The highest BCUT2D eigenvalue weighted by Gasteiger charge is 2.76. The molecule has 0 radical (unpaired) electrons. The van der Waals surface area contributed by atoms with Crippen LogP contribution in [0.15, 0.2) is 0 Å². The van der Waals surface area contributed by atoms with E-state index in [4.69, 9.17) is 0 Å². The van der Waals surface area contributed by atoms with Crippen LogP contribution >= 0.6 is 22.1 Å². The molecule has 12 heteroatoms. The van der Waals surface area contributed by atoms with Gasteiger partial charge in [-0.15, -0.1) is 0 Å². The predicted octanol–water partition coefficient (Wildman–Crippen LogP) is 4.64. The zero-order chi connectivity index (χ0) is 12.1. The fourth-order valence-corrected chi connectivity index (χ4v) is 0.830. The van der Waals surface area contributed by atoms with Crippen LogP contribution in [0.25, 0.3) is 0 Å². The van der Waals surface area contributed by atoms with Crippen molar-refractivity contribution < 1.29 is 41.2 Å². The molecule has 0 spiro atoms. The summed E-state index contributed by atoms with van der Waals surface area (Å²) in [6.45, 7) is 0. The summed E-state index contributed by atoms with van der Waals surface area (Å²) in [5.74, 6) is 0. The highest BCUT2D eigenvalue weighted by atomic mass is 35.5. The molecule has 0 amide bonds. The molecule has 0 aliphatic carbocycles. The Morgan fingerprint density at radius 3 is 1.21 bits per heavy atom. The monoisotopic (exact) mass is 278 g/mol. The molecule has 0 saturated carbocycles. The van der Waals surface area contributed by atoms with E-state index in [1.54, 1.807) is 0 Å². The van der Waals surface area contributed by atoms with E-state index < -0.39 is 22.0 Å². The molecule has 0 heterocycles. The van der Waals surface area contributed by atoms with Gasteiger partial charge >= 0.3 is 22.0 Å². The Labute approximate surface area is 75.7 Å². The molecule has 0 aromatic carbocycles. The minimum Gasteiger partial charge on any atom is -0.178 e. The molecular weight excluding hydrogens is 279 g/mol. The maximum atomic E-state index is 11.6. The van der Waals surface area contributed by atoms with Gasteiger partial charge in [-0.05, 0) is 11.6 Å². The van der Waals surface area contributed by atoms with E-state index in [0.717, 1.165) is 4.18 Å². The maximum Gasteiger partial charge on any atom is 0.451 e. The molecule has 0 aromatic heterocycles. The van der Waals surface area contributed by atoms with Crippen molar-refractivity contribution in [1.82, 2.24) is 0 Å². The van der Waals surface area contributed by atoms with E-state index >= 15 is 0 Å². The van der Waals surface area contributed by atoms with Gasteiger partial charge in [0.05, 0.1) is 0 Å². The SMILES string of the molecule is FC(F)(Cl)C(F)(F)OS(F)(F)(F)(F)F. The summed E-state index contributed by atoms with van der Waals surface area (Å²) in [4.78, 5) is 0. The van der Waals surface area contributed by atoms with Crippen molar-refractivity contribution in [1.29, 1.82) is 0 Å². The first-order valence-corrected chi connectivity index (χ1v) is 4.59. The zero-order valence-corrected chi connectivity index (χ0v) is 7.17. The van der Waals surface area contributed by atoms with Crippen LogP contribution < -0.4 is 0 Å². The summed E-state index contributed by atoms with van der Waals surface area (Å²) in [5, 5.41) is -5.90.